The van der Waals surface area contributed by atoms with Crippen molar-refractivity contribution in [2.45, 2.75) is 71.6 Å². The summed E-state index contributed by atoms with van der Waals surface area (Å²) < 4.78 is 11.2. The normalized spacial score (nSPS) is 22.2. The fourth-order valence-electron chi connectivity index (χ4n) is 1.87. The van der Waals surface area contributed by atoms with Gasteiger partial charge in [0, 0.05) is 0 Å². The number of amides is 1. The van der Waals surface area contributed by atoms with Crippen molar-refractivity contribution in [3.8, 4) is 11.5 Å². The van der Waals surface area contributed by atoms with Crippen LogP contribution in [0.3, 0.4) is 0 Å². The SMILES string of the molecule is CC(C)(C)OC(=O)N1C(C#C[Si](C)(C)C)COC1(C)C. The Kier molecular flexibility index (Phi) is 4.62. The molecule has 114 valence electrons. The van der Waals surface area contributed by atoms with Gasteiger partial charge in [0.15, 0.2) is 0 Å². The molecule has 0 aromatic heterocycles. The smallest absolute Gasteiger partial charge is 0.413 e. The Bertz CT molecular complexity index is 435. The Labute approximate surface area is 123 Å². The Morgan fingerprint density at radius 1 is 1.35 bits per heavy atom. The average Bonchev–Trinajstić information content (AvgIpc) is 2.46. The van der Waals surface area contributed by atoms with Crippen LogP contribution in [-0.4, -0.2) is 43.0 Å². The van der Waals surface area contributed by atoms with Crippen LogP contribution in [0.2, 0.25) is 19.6 Å². The van der Waals surface area contributed by atoms with Crippen LogP contribution in [0, 0.1) is 11.5 Å². The highest BCUT2D eigenvalue weighted by Crippen LogP contribution is 2.29. The standard InChI is InChI=1S/C15H27NO3Si/c1-14(2,3)19-13(17)16-12(9-10-20(6,7)8)11-18-15(16,4)5/h12H,11H2,1-8H3. The van der Waals surface area contributed by atoms with Gasteiger partial charge in [0.25, 0.3) is 0 Å². The highest BCUT2D eigenvalue weighted by atomic mass is 28.3. The van der Waals surface area contributed by atoms with Crippen molar-refractivity contribution in [3.63, 3.8) is 0 Å². The first kappa shape index (κ1) is 17.1. The Morgan fingerprint density at radius 2 is 1.90 bits per heavy atom. The maximum absolute atomic E-state index is 12.4. The van der Waals surface area contributed by atoms with Crippen molar-refractivity contribution in [2.24, 2.45) is 0 Å². The molecule has 1 aliphatic heterocycles. The average molecular weight is 297 g/mol. The second kappa shape index (κ2) is 5.42. The minimum Gasteiger partial charge on any atom is -0.444 e. The Hall–Kier alpha value is -0.993. The van der Waals surface area contributed by atoms with Gasteiger partial charge in [-0.2, -0.15) is 0 Å². The van der Waals surface area contributed by atoms with Gasteiger partial charge >= 0.3 is 6.09 Å². The molecule has 0 aromatic rings. The van der Waals surface area contributed by atoms with Crippen LogP contribution in [-0.2, 0) is 9.47 Å². The van der Waals surface area contributed by atoms with E-state index < -0.39 is 19.4 Å². The van der Waals surface area contributed by atoms with Crippen molar-refractivity contribution in [1.82, 2.24) is 4.90 Å². The highest BCUT2D eigenvalue weighted by Gasteiger charge is 2.45. The van der Waals surface area contributed by atoms with Crippen LogP contribution in [0.5, 0.6) is 0 Å². The molecule has 1 aliphatic rings. The van der Waals surface area contributed by atoms with Gasteiger partial charge in [-0.15, -0.1) is 5.54 Å². The summed E-state index contributed by atoms with van der Waals surface area (Å²) in [6.45, 7) is 16.3. The van der Waals surface area contributed by atoms with Crippen molar-refractivity contribution < 1.29 is 14.3 Å². The molecule has 0 bridgehead atoms. The molecule has 0 spiro atoms. The number of hydrogen-bond donors (Lipinski definition) is 0. The molecule has 1 amide bonds. The molecule has 1 heterocycles. The third kappa shape index (κ3) is 4.84. The van der Waals surface area contributed by atoms with E-state index >= 15 is 0 Å². The molecule has 1 saturated heterocycles. The van der Waals surface area contributed by atoms with Crippen LogP contribution in [0.15, 0.2) is 0 Å². The number of carbonyl (C=O) groups is 1. The summed E-state index contributed by atoms with van der Waals surface area (Å²) in [5, 5.41) is 0. The van der Waals surface area contributed by atoms with Gasteiger partial charge in [0.05, 0.1) is 6.61 Å². The van der Waals surface area contributed by atoms with E-state index in [4.69, 9.17) is 9.47 Å². The lowest BCUT2D eigenvalue weighted by Gasteiger charge is -2.33. The number of ether oxygens (including phenoxy) is 2. The quantitative estimate of drug-likeness (QED) is 0.509. The van der Waals surface area contributed by atoms with E-state index in [0.29, 0.717) is 6.61 Å². The van der Waals surface area contributed by atoms with Gasteiger partial charge in [-0.1, -0.05) is 25.6 Å². The van der Waals surface area contributed by atoms with Crippen molar-refractivity contribution >= 4 is 14.2 Å². The van der Waals surface area contributed by atoms with Crippen molar-refractivity contribution in [2.75, 3.05) is 6.61 Å². The highest BCUT2D eigenvalue weighted by molar-refractivity contribution is 6.83. The van der Waals surface area contributed by atoms with Gasteiger partial charge < -0.3 is 9.47 Å². The summed E-state index contributed by atoms with van der Waals surface area (Å²) in [4.78, 5) is 14.0. The van der Waals surface area contributed by atoms with Crippen LogP contribution in [0.25, 0.3) is 0 Å². The molecule has 4 nitrogen and oxygen atoms in total. The molecule has 1 atom stereocenters. The maximum Gasteiger partial charge on any atom is 0.413 e. The molecule has 0 radical (unpaired) electrons. The van der Waals surface area contributed by atoms with Gasteiger partial charge in [-0.25, -0.2) is 4.79 Å². The van der Waals surface area contributed by atoms with E-state index in [1.54, 1.807) is 4.90 Å². The summed E-state index contributed by atoms with van der Waals surface area (Å²) in [7, 11) is -1.48. The topological polar surface area (TPSA) is 38.8 Å². The Balaban J connectivity index is 2.96. The number of carbonyl (C=O) groups excluding carboxylic acids is 1. The number of rotatable bonds is 0. The predicted octanol–water partition coefficient (Wildman–Crippen LogP) is 3.24. The number of nitrogens with zero attached hydrogens (tertiary/aromatic N) is 1. The van der Waals surface area contributed by atoms with Crippen LogP contribution in [0.1, 0.15) is 34.6 Å². The first-order valence-corrected chi connectivity index (χ1v) is 10.5. The zero-order valence-electron chi connectivity index (χ0n) is 14.0. The lowest BCUT2D eigenvalue weighted by atomic mass is 10.2. The molecule has 20 heavy (non-hydrogen) atoms. The molecule has 1 unspecified atom stereocenters. The van der Waals surface area contributed by atoms with E-state index in [1.165, 1.54) is 0 Å². The summed E-state index contributed by atoms with van der Waals surface area (Å²) in [5.41, 5.74) is 2.11. The Morgan fingerprint density at radius 3 is 2.35 bits per heavy atom. The largest absolute Gasteiger partial charge is 0.444 e. The van der Waals surface area contributed by atoms with E-state index in [-0.39, 0.29) is 12.1 Å². The maximum atomic E-state index is 12.4. The van der Waals surface area contributed by atoms with Gasteiger partial charge in [-0.05, 0) is 34.6 Å². The third-order valence-corrected chi connectivity index (χ3v) is 3.58. The van der Waals surface area contributed by atoms with Crippen LogP contribution < -0.4 is 0 Å². The second-order valence-corrected chi connectivity index (χ2v) is 12.4. The lowest BCUT2D eigenvalue weighted by molar-refractivity contribution is -0.0608. The predicted molar refractivity (Wildman–Crippen MR) is 83.0 cm³/mol. The minimum absolute atomic E-state index is 0.230. The van der Waals surface area contributed by atoms with Crippen molar-refractivity contribution in [1.29, 1.82) is 0 Å². The molecule has 1 rings (SSSR count). The summed E-state index contributed by atoms with van der Waals surface area (Å²) in [6.07, 6.45) is -0.366. The van der Waals surface area contributed by atoms with Gasteiger partial charge in [0.2, 0.25) is 0 Å². The molecular weight excluding hydrogens is 270 g/mol. The zero-order chi connectivity index (χ0) is 15.8. The van der Waals surface area contributed by atoms with Crippen LogP contribution in [0.4, 0.5) is 4.79 Å². The van der Waals surface area contributed by atoms with Crippen molar-refractivity contribution in [3.05, 3.63) is 0 Å². The molecule has 0 N–H and O–H groups in total. The molecule has 1 fully saturated rings. The van der Waals surface area contributed by atoms with Gasteiger partial charge in [-0.3, -0.25) is 4.90 Å². The van der Waals surface area contributed by atoms with E-state index in [0.717, 1.165) is 0 Å². The van der Waals surface area contributed by atoms with Crippen LogP contribution >= 0.6 is 0 Å². The van der Waals surface area contributed by atoms with Gasteiger partial charge in [0.1, 0.15) is 25.4 Å². The second-order valence-electron chi connectivity index (χ2n) is 7.64. The molecule has 5 heteroatoms. The first-order valence-electron chi connectivity index (χ1n) is 7.01. The molecule has 0 aliphatic carbocycles. The fraction of sp³-hybridized carbons (Fsp3) is 0.800. The third-order valence-electron chi connectivity index (χ3n) is 2.69. The molecular formula is C15H27NO3Si. The lowest BCUT2D eigenvalue weighted by Crippen LogP contribution is -2.49. The molecule has 0 aromatic carbocycles. The summed E-state index contributed by atoms with van der Waals surface area (Å²) >= 11 is 0. The first-order chi connectivity index (χ1) is 8.82. The summed E-state index contributed by atoms with van der Waals surface area (Å²) in [5.74, 6) is 3.21. The zero-order valence-corrected chi connectivity index (χ0v) is 15.0. The van der Waals surface area contributed by atoms with E-state index in [9.17, 15) is 4.79 Å². The number of hydrogen-bond acceptors (Lipinski definition) is 3. The monoisotopic (exact) mass is 297 g/mol. The van der Waals surface area contributed by atoms with E-state index in [2.05, 4.69) is 31.1 Å². The fourth-order valence-corrected chi connectivity index (χ4v) is 2.47. The van der Waals surface area contributed by atoms with E-state index in [1.807, 2.05) is 34.6 Å². The molecule has 0 saturated carbocycles. The summed E-state index contributed by atoms with van der Waals surface area (Å²) in [6, 6.07) is -0.230. The minimum atomic E-state index is -1.48.